The number of aryl methyl sites for hydroxylation is 2. The largest absolute Gasteiger partial charge is 0.494 e. The average Bonchev–Trinajstić information content (AvgIpc) is 2.88. The number of anilines is 1. The van der Waals surface area contributed by atoms with Crippen molar-refractivity contribution >= 4 is 26.5 Å². The minimum Gasteiger partial charge on any atom is -0.494 e. The normalized spacial score (nSPS) is 12.0. The summed E-state index contributed by atoms with van der Waals surface area (Å²) < 4.78 is 27.4. The maximum atomic E-state index is 11.5. The van der Waals surface area contributed by atoms with Gasteiger partial charge in [0.25, 0.3) is 0 Å². The first-order valence-electron chi connectivity index (χ1n) is 9.05. The summed E-state index contributed by atoms with van der Waals surface area (Å²) in [6.07, 6.45) is 4.13. The molecule has 6 heteroatoms. The van der Waals surface area contributed by atoms with Crippen molar-refractivity contribution in [3.63, 3.8) is 0 Å². The van der Waals surface area contributed by atoms with Gasteiger partial charge in [-0.1, -0.05) is 32.0 Å². The molecule has 2 N–H and O–H groups in total. The highest BCUT2D eigenvalue weighted by atomic mass is 32.2. The first-order valence-corrected chi connectivity index (χ1v) is 10.9. The Kier molecular flexibility index (Phi) is 5.20. The summed E-state index contributed by atoms with van der Waals surface area (Å²) in [6, 6.07) is 11.4. The van der Waals surface area contributed by atoms with E-state index in [2.05, 4.69) is 18.6 Å². The predicted molar refractivity (Wildman–Crippen MR) is 112 cm³/mol. The molecule has 0 spiro atoms. The van der Waals surface area contributed by atoms with E-state index in [1.165, 1.54) is 0 Å². The van der Waals surface area contributed by atoms with Crippen LogP contribution in [0.15, 0.2) is 42.6 Å². The Morgan fingerprint density at radius 1 is 1.15 bits per heavy atom. The third-order valence-electron chi connectivity index (χ3n) is 4.60. The second-order valence-corrected chi connectivity index (χ2v) is 9.29. The fraction of sp³-hybridized carbons (Fsp3) is 0.333. The van der Waals surface area contributed by atoms with Gasteiger partial charge in [0.05, 0.1) is 6.26 Å². The number of benzene rings is 2. The average molecular weight is 387 g/mol. The number of fused-ring (bicyclic) bond motifs is 1. The second kappa shape index (κ2) is 7.27. The predicted octanol–water partition coefficient (Wildman–Crippen LogP) is 4.74. The van der Waals surface area contributed by atoms with Crippen LogP contribution in [-0.2, 0) is 16.6 Å². The molecule has 3 aromatic rings. The van der Waals surface area contributed by atoms with Crippen LogP contribution >= 0.6 is 0 Å². The number of nitrogens with zero attached hydrogens (tertiary/aromatic N) is 1. The van der Waals surface area contributed by atoms with Crippen LogP contribution in [0.4, 0.5) is 5.69 Å². The SMILES string of the molecule is Cc1cc(-c2cccc(NS(C)(=O)=O)c2)cc2cn(CCC(C)C)c(O)c12. The van der Waals surface area contributed by atoms with Gasteiger partial charge >= 0.3 is 0 Å². The molecule has 1 aromatic heterocycles. The Hall–Kier alpha value is -2.47. The van der Waals surface area contributed by atoms with Gasteiger partial charge in [0.2, 0.25) is 10.0 Å². The molecule has 144 valence electrons. The summed E-state index contributed by atoms with van der Waals surface area (Å²) in [5.74, 6) is 0.874. The third-order valence-corrected chi connectivity index (χ3v) is 5.21. The molecule has 0 fully saturated rings. The van der Waals surface area contributed by atoms with Crippen LogP contribution in [0, 0.1) is 12.8 Å². The maximum Gasteiger partial charge on any atom is 0.229 e. The van der Waals surface area contributed by atoms with Crippen molar-refractivity contribution in [1.82, 2.24) is 4.57 Å². The van der Waals surface area contributed by atoms with Gasteiger partial charge in [0.1, 0.15) is 0 Å². The highest BCUT2D eigenvalue weighted by Gasteiger charge is 2.13. The Morgan fingerprint density at radius 3 is 2.56 bits per heavy atom. The number of rotatable bonds is 6. The number of aromatic hydroxyl groups is 1. The molecule has 1 heterocycles. The molecular formula is C21H26N2O3S. The standard InChI is InChI=1S/C21H26N2O3S/c1-14(2)8-9-23-13-18-11-17(10-15(3)20(18)21(23)24)16-6-5-7-19(12-16)22-27(4,25)26/h5-7,10-14,22,24H,8-9H2,1-4H3. The van der Waals surface area contributed by atoms with Crippen molar-refractivity contribution in [2.75, 3.05) is 11.0 Å². The van der Waals surface area contributed by atoms with E-state index >= 15 is 0 Å². The van der Waals surface area contributed by atoms with Crippen LogP contribution in [0.25, 0.3) is 21.9 Å². The molecule has 0 aliphatic heterocycles. The molecule has 3 rings (SSSR count). The van der Waals surface area contributed by atoms with E-state index in [4.69, 9.17) is 0 Å². The lowest BCUT2D eigenvalue weighted by atomic mass is 9.99. The molecule has 0 radical (unpaired) electrons. The molecule has 0 saturated heterocycles. The molecule has 27 heavy (non-hydrogen) atoms. The minimum atomic E-state index is -3.32. The van der Waals surface area contributed by atoms with Crippen molar-refractivity contribution < 1.29 is 13.5 Å². The number of nitrogens with one attached hydrogen (secondary N) is 1. The van der Waals surface area contributed by atoms with Crippen LogP contribution in [0.1, 0.15) is 25.8 Å². The summed E-state index contributed by atoms with van der Waals surface area (Å²) >= 11 is 0. The Morgan fingerprint density at radius 2 is 1.89 bits per heavy atom. The number of hydrogen-bond donors (Lipinski definition) is 2. The minimum absolute atomic E-state index is 0.308. The van der Waals surface area contributed by atoms with Gasteiger partial charge in [-0.15, -0.1) is 0 Å². The molecule has 2 aromatic carbocycles. The van der Waals surface area contributed by atoms with Crippen molar-refractivity contribution in [3.8, 4) is 17.0 Å². The van der Waals surface area contributed by atoms with E-state index in [1.54, 1.807) is 6.07 Å². The first kappa shape index (κ1) is 19.3. The van der Waals surface area contributed by atoms with E-state index in [1.807, 2.05) is 48.0 Å². The molecule has 0 unspecified atom stereocenters. The van der Waals surface area contributed by atoms with Gasteiger partial charge in [0.15, 0.2) is 5.88 Å². The summed E-state index contributed by atoms with van der Waals surface area (Å²) in [5, 5.41) is 12.5. The van der Waals surface area contributed by atoms with Crippen molar-refractivity contribution in [1.29, 1.82) is 0 Å². The maximum absolute atomic E-state index is 11.5. The molecule has 5 nitrogen and oxygen atoms in total. The lowest BCUT2D eigenvalue weighted by molar-refractivity contribution is 0.405. The molecule has 0 aliphatic rings. The molecular weight excluding hydrogens is 360 g/mol. The van der Waals surface area contributed by atoms with Crippen LogP contribution in [0.3, 0.4) is 0 Å². The van der Waals surface area contributed by atoms with E-state index in [0.717, 1.165) is 46.7 Å². The third kappa shape index (κ3) is 4.45. The van der Waals surface area contributed by atoms with Crippen LogP contribution in [0.2, 0.25) is 0 Å². The second-order valence-electron chi connectivity index (χ2n) is 7.54. The van der Waals surface area contributed by atoms with Crippen LogP contribution in [0.5, 0.6) is 5.88 Å². The summed E-state index contributed by atoms with van der Waals surface area (Å²) in [5.41, 5.74) is 3.43. The van der Waals surface area contributed by atoms with Crippen molar-refractivity contribution in [2.45, 2.75) is 33.7 Å². The van der Waals surface area contributed by atoms with Gasteiger partial charge in [-0.05, 0) is 54.2 Å². The molecule has 0 aliphatic carbocycles. The van der Waals surface area contributed by atoms with Gasteiger partial charge < -0.3 is 9.67 Å². The zero-order valence-electron chi connectivity index (χ0n) is 16.2. The van der Waals surface area contributed by atoms with Gasteiger partial charge in [-0.25, -0.2) is 8.42 Å². The zero-order valence-corrected chi connectivity index (χ0v) is 17.0. The van der Waals surface area contributed by atoms with E-state index < -0.39 is 10.0 Å². The lowest BCUT2D eigenvalue weighted by Crippen LogP contribution is -2.09. The monoisotopic (exact) mass is 386 g/mol. The molecule has 0 bridgehead atoms. The summed E-state index contributed by atoms with van der Waals surface area (Å²) in [4.78, 5) is 0. The van der Waals surface area contributed by atoms with Crippen molar-refractivity contribution in [3.05, 3.63) is 48.2 Å². The summed E-state index contributed by atoms with van der Waals surface area (Å²) in [7, 11) is -3.32. The smallest absolute Gasteiger partial charge is 0.229 e. The van der Waals surface area contributed by atoms with E-state index in [0.29, 0.717) is 17.5 Å². The first-order chi connectivity index (χ1) is 12.6. The fourth-order valence-electron chi connectivity index (χ4n) is 3.31. The molecule has 0 amide bonds. The molecule has 0 atom stereocenters. The topological polar surface area (TPSA) is 71.3 Å². The van der Waals surface area contributed by atoms with E-state index in [9.17, 15) is 13.5 Å². The van der Waals surface area contributed by atoms with Gasteiger partial charge in [-0.3, -0.25) is 4.72 Å². The van der Waals surface area contributed by atoms with E-state index in [-0.39, 0.29) is 0 Å². The highest BCUT2D eigenvalue weighted by Crippen LogP contribution is 2.35. The van der Waals surface area contributed by atoms with Crippen LogP contribution < -0.4 is 4.72 Å². The summed E-state index contributed by atoms with van der Waals surface area (Å²) in [6.45, 7) is 7.10. The van der Waals surface area contributed by atoms with Crippen molar-refractivity contribution in [2.24, 2.45) is 5.92 Å². The Labute approximate surface area is 160 Å². The zero-order chi connectivity index (χ0) is 19.8. The van der Waals surface area contributed by atoms with Gasteiger partial charge in [-0.2, -0.15) is 0 Å². The number of sulfonamides is 1. The fourth-order valence-corrected chi connectivity index (χ4v) is 3.86. The number of aromatic nitrogens is 1. The van der Waals surface area contributed by atoms with Gasteiger partial charge in [0, 0.05) is 29.2 Å². The quantitative estimate of drug-likeness (QED) is 0.643. The lowest BCUT2D eigenvalue weighted by Gasteiger charge is -2.09. The van der Waals surface area contributed by atoms with Crippen LogP contribution in [-0.4, -0.2) is 24.3 Å². The molecule has 0 saturated carbocycles. The number of hydrogen-bond acceptors (Lipinski definition) is 3. The Bertz CT molecular complexity index is 1080. The Balaban J connectivity index is 2.02. The highest BCUT2D eigenvalue weighted by molar-refractivity contribution is 7.92.